The van der Waals surface area contributed by atoms with Crippen LogP contribution in [0.4, 0.5) is 5.00 Å². The van der Waals surface area contributed by atoms with Crippen LogP contribution in [0.1, 0.15) is 35.3 Å². The molecule has 4 rings (SSSR count). The number of carbonyl (C=O) groups is 1. The summed E-state index contributed by atoms with van der Waals surface area (Å²) in [7, 11) is 0. The Bertz CT molecular complexity index is 1100. The molecule has 8 heteroatoms. The van der Waals surface area contributed by atoms with E-state index in [4.69, 9.17) is 23.0 Å². The molecule has 154 valence electrons. The van der Waals surface area contributed by atoms with Crippen LogP contribution in [0.25, 0.3) is 0 Å². The van der Waals surface area contributed by atoms with Gasteiger partial charge in [0.05, 0.1) is 18.7 Å². The zero-order valence-corrected chi connectivity index (χ0v) is 18.5. The van der Waals surface area contributed by atoms with Gasteiger partial charge in [-0.15, -0.1) is 17.8 Å². The number of amides is 1. The van der Waals surface area contributed by atoms with Crippen molar-refractivity contribution in [1.29, 1.82) is 0 Å². The van der Waals surface area contributed by atoms with Gasteiger partial charge in [-0.2, -0.15) is 5.10 Å². The fraction of sp³-hybridized carbons (Fsp3) is 0.318. The van der Waals surface area contributed by atoms with E-state index in [2.05, 4.69) is 42.2 Å². The minimum atomic E-state index is -0.467. The molecule has 1 aliphatic carbocycles. The molecule has 2 aliphatic heterocycles. The van der Waals surface area contributed by atoms with E-state index in [-0.39, 0.29) is 18.9 Å². The minimum absolute atomic E-state index is 0.145. The van der Waals surface area contributed by atoms with E-state index in [1.807, 2.05) is 17.1 Å². The van der Waals surface area contributed by atoms with Crippen molar-refractivity contribution in [3.63, 3.8) is 0 Å². The lowest BCUT2D eigenvalue weighted by Gasteiger charge is -2.20. The molecule has 30 heavy (non-hydrogen) atoms. The van der Waals surface area contributed by atoms with Gasteiger partial charge in [0.25, 0.3) is 0 Å². The van der Waals surface area contributed by atoms with Crippen LogP contribution in [0, 0.1) is 26.2 Å². The van der Waals surface area contributed by atoms with Crippen LogP contribution in [-0.4, -0.2) is 30.0 Å². The Morgan fingerprint density at radius 2 is 2.27 bits per heavy atom. The quantitative estimate of drug-likeness (QED) is 0.702. The number of allylic oxidation sites excluding steroid dienone is 4. The third-order valence-electron chi connectivity index (χ3n) is 5.36. The predicted octanol–water partition coefficient (Wildman–Crippen LogP) is 3.71. The highest BCUT2D eigenvalue weighted by molar-refractivity contribution is 7.17. The van der Waals surface area contributed by atoms with Crippen LogP contribution in [0.5, 0.6) is 0 Å². The summed E-state index contributed by atoms with van der Waals surface area (Å²) in [5.74, 6) is 3.58. The highest BCUT2D eigenvalue weighted by atomic mass is 35.5. The second-order valence-electron chi connectivity index (χ2n) is 7.31. The topological polar surface area (TPSA) is 69.1 Å². The first-order valence-electron chi connectivity index (χ1n) is 9.67. The first-order chi connectivity index (χ1) is 14.4. The van der Waals surface area contributed by atoms with Crippen LogP contribution >= 0.6 is 22.9 Å². The number of aryl methyl sites for hydroxylation is 1. The molecule has 2 N–H and O–H groups in total. The van der Waals surface area contributed by atoms with Gasteiger partial charge >= 0.3 is 0 Å². The Morgan fingerprint density at radius 1 is 1.47 bits per heavy atom. The average molecular weight is 440 g/mol. The summed E-state index contributed by atoms with van der Waals surface area (Å²) in [5, 5.41) is 9.04. The highest BCUT2D eigenvalue weighted by Crippen LogP contribution is 2.43. The maximum atomic E-state index is 12.5. The van der Waals surface area contributed by atoms with Crippen molar-refractivity contribution in [3.05, 3.63) is 51.2 Å². The number of terminal acetylenes is 1. The molecule has 0 spiro atoms. The second kappa shape index (κ2) is 8.13. The van der Waals surface area contributed by atoms with E-state index in [9.17, 15) is 4.79 Å². The lowest BCUT2D eigenvalue weighted by atomic mass is 9.93. The van der Waals surface area contributed by atoms with Gasteiger partial charge in [-0.25, -0.2) is 0 Å². The van der Waals surface area contributed by atoms with Crippen molar-refractivity contribution in [2.75, 3.05) is 11.4 Å². The number of anilines is 1. The van der Waals surface area contributed by atoms with Crippen molar-refractivity contribution < 1.29 is 4.79 Å². The number of hydrogen-bond donors (Lipinski definition) is 2. The van der Waals surface area contributed by atoms with Gasteiger partial charge in [-0.1, -0.05) is 30.2 Å². The van der Waals surface area contributed by atoms with Crippen LogP contribution in [0.15, 0.2) is 45.3 Å². The molecule has 0 unspecified atom stereocenters. The van der Waals surface area contributed by atoms with Gasteiger partial charge in [0.15, 0.2) is 5.84 Å². The van der Waals surface area contributed by atoms with Crippen molar-refractivity contribution >= 4 is 45.4 Å². The van der Waals surface area contributed by atoms with Crippen LogP contribution in [-0.2, 0) is 4.79 Å². The normalized spacial score (nSPS) is 20.0. The van der Waals surface area contributed by atoms with Gasteiger partial charge in [-0.05, 0) is 43.9 Å². The second-order valence-corrected chi connectivity index (χ2v) is 9.00. The number of rotatable bonds is 4. The zero-order chi connectivity index (χ0) is 21.4. The fourth-order valence-corrected chi connectivity index (χ4v) is 5.07. The van der Waals surface area contributed by atoms with E-state index in [0.29, 0.717) is 11.7 Å². The molecule has 0 bridgehead atoms. The summed E-state index contributed by atoms with van der Waals surface area (Å²) in [6, 6.07) is -0.467. The number of nitrogens with zero attached hydrogens (tertiary/aromatic N) is 3. The molecule has 6 nitrogen and oxygen atoms in total. The van der Waals surface area contributed by atoms with Crippen molar-refractivity contribution in [2.24, 2.45) is 10.1 Å². The van der Waals surface area contributed by atoms with Gasteiger partial charge in [-0.3, -0.25) is 20.1 Å². The zero-order valence-electron chi connectivity index (χ0n) is 16.9. The summed E-state index contributed by atoms with van der Waals surface area (Å²) in [6.07, 6.45) is 10.9. The third kappa shape index (κ3) is 3.57. The van der Waals surface area contributed by atoms with Gasteiger partial charge in [0, 0.05) is 15.5 Å². The summed E-state index contributed by atoms with van der Waals surface area (Å²) < 4.78 is 0. The Kier molecular flexibility index (Phi) is 5.54. The van der Waals surface area contributed by atoms with Crippen LogP contribution < -0.4 is 15.6 Å². The lowest BCUT2D eigenvalue weighted by molar-refractivity contribution is -0.120. The maximum absolute atomic E-state index is 12.5. The number of hydrogen-bond acceptors (Lipinski definition) is 6. The summed E-state index contributed by atoms with van der Waals surface area (Å²) in [6.45, 7) is 8.51. The first-order valence-corrected chi connectivity index (χ1v) is 10.9. The van der Waals surface area contributed by atoms with Crippen LogP contribution in [0.3, 0.4) is 0 Å². The molecular formula is C22H22ClN5OS. The molecule has 3 heterocycles. The summed E-state index contributed by atoms with van der Waals surface area (Å²) >= 11 is 7.88. The number of amidine groups is 1. The number of nitrogens with one attached hydrogen (secondary N) is 2. The summed E-state index contributed by atoms with van der Waals surface area (Å²) in [4.78, 5) is 20.8. The molecular weight excluding hydrogens is 418 g/mol. The van der Waals surface area contributed by atoms with E-state index in [1.54, 1.807) is 11.3 Å². The Morgan fingerprint density at radius 3 is 2.97 bits per heavy atom. The Balaban J connectivity index is 1.86. The number of fused-ring (bicyclic) bond motifs is 3. The first kappa shape index (κ1) is 20.5. The molecule has 1 atom stereocenters. The predicted molar refractivity (Wildman–Crippen MR) is 124 cm³/mol. The number of aliphatic imine (C=N–C) groups is 1. The highest BCUT2D eigenvalue weighted by Gasteiger charge is 2.38. The fourth-order valence-electron chi connectivity index (χ4n) is 3.72. The number of carbonyl (C=O) groups excluding carboxylic acids is 1. The van der Waals surface area contributed by atoms with E-state index in [1.165, 1.54) is 10.4 Å². The smallest absolute Gasteiger partial charge is 0.223 e. The number of hydrazone groups is 1. The van der Waals surface area contributed by atoms with Gasteiger partial charge in [0.2, 0.25) is 5.91 Å². The SMILES string of the molecule is C#CCNC(=O)C[C@@H]1N=C(C2=CC=C(Cl)CC2)c2c(sc(C)c2C)N2C(=C)NN=C12. The molecule has 0 saturated carbocycles. The summed E-state index contributed by atoms with van der Waals surface area (Å²) in [5.41, 5.74) is 7.20. The molecule has 3 aliphatic rings. The largest absolute Gasteiger partial charge is 0.345 e. The van der Waals surface area contributed by atoms with Crippen molar-refractivity contribution in [1.82, 2.24) is 10.7 Å². The van der Waals surface area contributed by atoms with E-state index < -0.39 is 6.04 Å². The Labute approximate surface area is 185 Å². The van der Waals surface area contributed by atoms with Crippen LogP contribution in [0.2, 0.25) is 0 Å². The molecule has 1 aromatic heterocycles. The van der Waals surface area contributed by atoms with Gasteiger partial charge < -0.3 is 5.32 Å². The number of halogens is 1. The minimum Gasteiger partial charge on any atom is -0.345 e. The molecule has 0 saturated heterocycles. The Hall–Kier alpha value is -2.82. The third-order valence-corrected chi connectivity index (χ3v) is 6.86. The molecule has 1 amide bonds. The monoisotopic (exact) mass is 439 g/mol. The molecule has 1 aromatic rings. The lowest BCUT2D eigenvalue weighted by Crippen LogP contribution is -2.37. The standard InChI is InChI=1S/C22H22ClN5OS/c1-5-10-24-18(29)11-17-21-27-26-14(4)28(21)22-19(12(2)13(3)30-22)20(25-17)15-6-8-16(23)9-7-15/h1,6,8,17,26H,4,7,9-11H2,2-3H3,(H,24,29)/t17-/m0/s1. The maximum Gasteiger partial charge on any atom is 0.223 e. The van der Waals surface area contributed by atoms with E-state index >= 15 is 0 Å². The number of thiophene rings is 1. The van der Waals surface area contributed by atoms with Gasteiger partial charge in [0.1, 0.15) is 16.9 Å². The molecule has 0 fully saturated rings. The molecule has 0 radical (unpaired) electrons. The van der Waals surface area contributed by atoms with E-state index in [0.717, 1.165) is 39.7 Å². The average Bonchev–Trinajstić information content (AvgIpc) is 3.19. The van der Waals surface area contributed by atoms with Crippen molar-refractivity contribution in [2.45, 2.75) is 39.2 Å². The van der Waals surface area contributed by atoms with Crippen molar-refractivity contribution in [3.8, 4) is 12.3 Å². The molecule has 0 aromatic carbocycles.